The Labute approximate surface area is 169 Å². The molecule has 1 heterocycles. The molecule has 3 aromatic carbocycles. The Hall–Kier alpha value is -3.32. The number of rotatable bonds is 5. The minimum atomic E-state index is -3.68. The molecule has 0 radical (unpaired) electrons. The molecule has 1 saturated heterocycles. The van der Waals surface area contributed by atoms with Crippen molar-refractivity contribution in [3.8, 4) is 17.2 Å². The Bertz CT molecular complexity index is 1130. The lowest BCUT2D eigenvalue weighted by Crippen LogP contribution is -2.29. The summed E-state index contributed by atoms with van der Waals surface area (Å²) in [5.41, 5.74) is 0.976. The van der Waals surface area contributed by atoms with Crippen molar-refractivity contribution >= 4 is 21.4 Å². The molecule has 0 spiro atoms. The third-order valence-electron chi connectivity index (χ3n) is 4.64. The Balaban J connectivity index is 1.67. The SMILES string of the molecule is COc1cccc(N2C(=O)CS(=O)(=O)C2c2ccc(Oc3ccccc3)cc2)c1. The van der Waals surface area contributed by atoms with Crippen molar-refractivity contribution in [3.05, 3.63) is 84.4 Å². The molecule has 0 bridgehead atoms. The number of methoxy groups -OCH3 is 1. The summed E-state index contributed by atoms with van der Waals surface area (Å²) in [6, 6.07) is 22.8. The Morgan fingerprint density at radius 1 is 0.862 bits per heavy atom. The number of benzene rings is 3. The van der Waals surface area contributed by atoms with Gasteiger partial charge in [0.2, 0.25) is 5.91 Å². The van der Waals surface area contributed by atoms with E-state index >= 15 is 0 Å². The fraction of sp³-hybridized carbons (Fsp3) is 0.136. The van der Waals surface area contributed by atoms with Crippen LogP contribution in [0, 0.1) is 0 Å². The van der Waals surface area contributed by atoms with Gasteiger partial charge in [-0.15, -0.1) is 0 Å². The highest BCUT2D eigenvalue weighted by Gasteiger charge is 2.45. The van der Waals surface area contributed by atoms with E-state index in [0.29, 0.717) is 28.5 Å². The van der Waals surface area contributed by atoms with Crippen LogP contribution in [0.1, 0.15) is 10.9 Å². The van der Waals surface area contributed by atoms with Gasteiger partial charge in [0.1, 0.15) is 23.0 Å². The Morgan fingerprint density at radius 2 is 1.52 bits per heavy atom. The molecule has 0 N–H and O–H groups in total. The zero-order chi connectivity index (χ0) is 20.4. The molecule has 1 fully saturated rings. The average molecular weight is 409 g/mol. The number of hydrogen-bond donors (Lipinski definition) is 0. The summed E-state index contributed by atoms with van der Waals surface area (Å²) in [7, 11) is -2.16. The van der Waals surface area contributed by atoms with Crippen LogP contribution < -0.4 is 14.4 Å². The Kier molecular flexibility index (Phi) is 4.98. The van der Waals surface area contributed by atoms with Crippen LogP contribution in [0.15, 0.2) is 78.9 Å². The fourth-order valence-corrected chi connectivity index (χ4v) is 5.11. The highest BCUT2D eigenvalue weighted by Crippen LogP contribution is 2.39. The number of anilines is 1. The second kappa shape index (κ2) is 7.60. The minimum Gasteiger partial charge on any atom is -0.497 e. The monoisotopic (exact) mass is 409 g/mol. The van der Waals surface area contributed by atoms with Crippen molar-refractivity contribution in [2.24, 2.45) is 0 Å². The van der Waals surface area contributed by atoms with Crippen LogP contribution in [0.3, 0.4) is 0 Å². The number of carbonyl (C=O) groups excluding carboxylic acids is 1. The number of para-hydroxylation sites is 1. The lowest BCUT2D eigenvalue weighted by Gasteiger charge is -2.24. The van der Waals surface area contributed by atoms with E-state index in [0.717, 1.165) is 0 Å². The number of amides is 1. The van der Waals surface area contributed by atoms with E-state index in [1.54, 1.807) is 48.5 Å². The lowest BCUT2D eigenvalue weighted by atomic mass is 10.1. The van der Waals surface area contributed by atoms with Crippen LogP contribution in [0.2, 0.25) is 0 Å². The standard InChI is InChI=1S/C22H19NO5S/c1-27-20-9-5-6-17(14-20)23-21(24)15-29(25,26)22(23)16-10-12-19(13-11-16)28-18-7-3-2-4-8-18/h2-14,22H,15H2,1H3. The first-order valence-electron chi connectivity index (χ1n) is 8.98. The van der Waals surface area contributed by atoms with Gasteiger partial charge >= 0.3 is 0 Å². The van der Waals surface area contributed by atoms with Gasteiger partial charge in [0, 0.05) is 11.8 Å². The van der Waals surface area contributed by atoms with Gasteiger partial charge in [-0.1, -0.05) is 36.4 Å². The molecule has 7 heteroatoms. The number of ether oxygens (including phenoxy) is 2. The fourth-order valence-electron chi connectivity index (χ4n) is 3.33. The summed E-state index contributed by atoms with van der Waals surface area (Å²) in [5.74, 6) is 0.811. The van der Waals surface area contributed by atoms with Crippen LogP contribution in [-0.2, 0) is 14.6 Å². The average Bonchev–Trinajstić information content (AvgIpc) is 2.97. The van der Waals surface area contributed by atoms with Crippen LogP contribution in [0.4, 0.5) is 5.69 Å². The molecule has 1 aliphatic heterocycles. The maximum absolute atomic E-state index is 12.8. The predicted molar refractivity (Wildman–Crippen MR) is 110 cm³/mol. The molecule has 4 rings (SSSR count). The third-order valence-corrected chi connectivity index (χ3v) is 6.46. The molecule has 0 aliphatic carbocycles. The van der Waals surface area contributed by atoms with Crippen molar-refractivity contribution in [2.75, 3.05) is 17.8 Å². The zero-order valence-electron chi connectivity index (χ0n) is 15.7. The van der Waals surface area contributed by atoms with Crippen LogP contribution in [0.25, 0.3) is 0 Å². The first-order chi connectivity index (χ1) is 14.0. The van der Waals surface area contributed by atoms with Gasteiger partial charge in [0.05, 0.1) is 7.11 Å². The maximum atomic E-state index is 12.8. The van der Waals surface area contributed by atoms with Crippen molar-refractivity contribution in [2.45, 2.75) is 5.37 Å². The number of hydrogen-bond acceptors (Lipinski definition) is 5. The largest absolute Gasteiger partial charge is 0.497 e. The van der Waals surface area contributed by atoms with Gasteiger partial charge < -0.3 is 9.47 Å². The summed E-state index contributed by atoms with van der Waals surface area (Å²) in [6.45, 7) is 0. The van der Waals surface area contributed by atoms with Gasteiger partial charge in [0.15, 0.2) is 15.2 Å². The molecule has 29 heavy (non-hydrogen) atoms. The van der Waals surface area contributed by atoms with E-state index in [-0.39, 0.29) is 0 Å². The van der Waals surface area contributed by atoms with Gasteiger partial charge in [0.25, 0.3) is 0 Å². The summed E-state index contributed by atoms with van der Waals surface area (Å²) in [6.07, 6.45) is 0. The van der Waals surface area contributed by atoms with E-state index in [4.69, 9.17) is 9.47 Å². The second-order valence-electron chi connectivity index (χ2n) is 6.61. The van der Waals surface area contributed by atoms with Crippen LogP contribution >= 0.6 is 0 Å². The topological polar surface area (TPSA) is 72.9 Å². The van der Waals surface area contributed by atoms with Crippen molar-refractivity contribution in [1.29, 1.82) is 0 Å². The van der Waals surface area contributed by atoms with E-state index in [1.807, 2.05) is 30.3 Å². The molecule has 1 aliphatic rings. The first-order valence-corrected chi connectivity index (χ1v) is 10.7. The summed E-state index contributed by atoms with van der Waals surface area (Å²) < 4.78 is 36.5. The highest BCUT2D eigenvalue weighted by atomic mass is 32.2. The zero-order valence-corrected chi connectivity index (χ0v) is 16.5. The molecule has 1 unspecified atom stereocenters. The van der Waals surface area contributed by atoms with E-state index < -0.39 is 26.9 Å². The third kappa shape index (κ3) is 3.82. The number of carbonyl (C=O) groups is 1. The van der Waals surface area contributed by atoms with Crippen LogP contribution in [0.5, 0.6) is 17.2 Å². The van der Waals surface area contributed by atoms with Crippen molar-refractivity contribution in [1.82, 2.24) is 0 Å². The molecule has 1 amide bonds. The molecule has 0 saturated carbocycles. The van der Waals surface area contributed by atoms with Crippen molar-refractivity contribution in [3.63, 3.8) is 0 Å². The smallest absolute Gasteiger partial charge is 0.243 e. The highest BCUT2D eigenvalue weighted by molar-refractivity contribution is 7.93. The van der Waals surface area contributed by atoms with E-state index in [1.165, 1.54) is 12.0 Å². The minimum absolute atomic E-state index is 0.465. The number of nitrogens with zero attached hydrogens (tertiary/aromatic N) is 1. The first kappa shape index (κ1) is 19.0. The van der Waals surface area contributed by atoms with Gasteiger partial charge in [-0.3, -0.25) is 9.69 Å². The molecule has 3 aromatic rings. The van der Waals surface area contributed by atoms with Gasteiger partial charge in [-0.2, -0.15) is 0 Å². The normalized spacial score (nSPS) is 17.9. The Morgan fingerprint density at radius 3 is 2.21 bits per heavy atom. The van der Waals surface area contributed by atoms with Gasteiger partial charge in [-0.05, 0) is 42.0 Å². The second-order valence-corrected chi connectivity index (χ2v) is 8.67. The summed E-state index contributed by atoms with van der Waals surface area (Å²) in [5, 5.41) is -1.09. The molecule has 1 atom stereocenters. The molecule has 6 nitrogen and oxygen atoms in total. The molecular formula is C22H19NO5S. The van der Waals surface area contributed by atoms with E-state index in [2.05, 4.69) is 0 Å². The summed E-state index contributed by atoms with van der Waals surface area (Å²) >= 11 is 0. The molecule has 0 aromatic heterocycles. The predicted octanol–water partition coefficient (Wildman–Crippen LogP) is 3.95. The van der Waals surface area contributed by atoms with Gasteiger partial charge in [-0.25, -0.2) is 8.42 Å². The van der Waals surface area contributed by atoms with Crippen LogP contribution in [-0.4, -0.2) is 27.2 Å². The lowest BCUT2D eigenvalue weighted by molar-refractivity contribution is -0.115. The maximum Gasteiger partial charge on any atom is 0.243 e. The molecular weight excluding hydrogens is 390 g/mol. The summed E-state index contributed by atoms with van der Waals surface area (Å²) in [4.78, 5) is 13.9. The van der Waals surface area contributed by atoms with E-state index in [9.17, 15) is 13.2 Å². The number of sulfone groups is 1. The molecule has 148 valence electrons. The van der Waals surface area contributed by atoms with Crippen molar-refractivity contribution < 1.29 is 22.7 Å². The quantitative estimate of drug-likeness (QED) is 0.638.